The zero-order valence-electron chi connectivity index (χ0n) is 16.3. The fourth-order valence-electron chi connectivity index (χ4n) is 4.59. The van der Waals surface area contributed by atoms with Gasteiger partial charge in [0.25, 0.3) is 0 Å². The van der Waals surface area contributed by atoms with Crippen molar-refractivity contribution in [1.29, 1.82) is 0 Å². The molecule has 0 N–H and O–H groups in total. The van der Waals surface area contributed by atoms with Crippen LogP contribution >= 0.6 is 23.2 Å². The first-order valence-electron chi connectivity index (χ1n) is 9.91. The number of hydrogen-bond acceptors (Lipinski definition) is 4. The maximum Gasteiger partial charge on any atom is 0.234 e. The first kappa shape index (κ1) is 19.4. The first-order chi connectivity index (χ1) is 14.5. The highest BCUT2D eigenvalue weighted by Crippen LogP contribution is 2.41. The summed E-state index contributed by atoms with van der Waals surface area (Å²) in [5.41, 5.74) is 2.67. The summed E-state index contributed by atoms with van der Waals surface area (Å²) in [6.07, 6.45) is 6.94. The molecule has 1 amide bonds. The van der Waals surface area contributed by atoms with E-state index in [1.54, 1.807) is 29.5 Å². The summed E-state index contributed by atoms with van der Waals surface area (Å²) in [6.45, 7) is 2.62. The lowest BCUT2D eigenvalue weighted by molar-refractivity contribution is -0.135. The first-order valence-corrected chi connectivity index (χ1v) is 10.7. The number of aromatic nitrogens is 2. The van der Waals surface area contributed by atoms with Crippen molar-refractivity contribution in [2.24, 2.45) is 10.9 Å². The minimum atomic E-state index is -0.484. The van der Waals surface area contributed by atoms with E-state index in [1.165, 1.54) is 0 Å². The zero-order valence-corrected chi connectivity index (χ0v) is 17.8. The average molecular weight is 443 g/mol. The van der Waals surface area contributed by atoms with E-state index in [9.17, 15) is 4.79 Å². The van der Waals surface area contributed by atoms with Crippen molar-refractivity contribution >= 4 is 40.6 Å². The van der Waals surface area contributed by atoms with E-state index in [2.05, 4.69) is 10.1 Å². The maximum absolute atomic E-state index is 13.9. The Labute approximate surface area is 184 Å². The largest absolute Gasteiger partial charge is 0.472 e. The number of nitrogens with zero attached hydrogens (tertiary/aromatic N) is 4. The van der Waals surface area contributed by atoms with Crippen LogP contribution in [0.2, 0.25) is 10.0 Å². The fraction of sp³-hybridized carbons (Fsp3) is 0.318. The molecule has 2 aromatic heterocycles. The maximum atomic E-state index is 13.9. The van der Waals surface area contributed by atoms with Gasteiger partial charge in [0.2, 0.25) is 5.91 Å². The Balaban J connectivity index is 1.58. The van der Waals surface area contributed by atoms with Gasteiger partial charge in [0.1, 0.15) is 5.92 Å². The fourth-order valence-corrected chi connectivity index (χ4v) is 4.90. The highest BCUT2D eigenvalue weighted by Gasteiger charge is 2.43. The minimum Gasteiger partial charge on any atom is -0.472 e. The molecule has 4 heterocycles. The van der Waals surface area contributed by atoms with Gasteiger partial charge < -0.3 is 9.32 Å². The van der Waals surface area contributed by atoms with Gasteiger partial charge in [-0.2, -0.15) is 5.10 Å². The Bertz CT molecular complexity index is 1120. The van der Waals surface area contributed by atoms with Gasteiger partial charge in [-0.15, -0.1) is 0 Å². The van der Waals surface area contributed by atoms with Crippen molar-refractivity contribution < 1.29 is 9.21 Å². The number of carbonyl (C=O) groups excluding carboxylic acids is 1. The number of fused-ring (bicyclic) bond motifs is 1. The summed E-state index contributed by atoms with van der Waals surface area (Å²) in [6, 6.07) is 8.92. The SMILES string of the molecule is CC1=Nc2ccnn2C(c2ccc(Cl)c(Cl)c2)C1C(=O)N1CCCC1c1ccoc1. The molecule has 3 aromatic rings. The van der Waals surface area contributed by atoms with Crippen LogP contribution in [0.25, 0.3) is 0 Å². The summed E-state index contributed by atoms with van der Waals surface area (Å²) in [4.78, 5) is 20.5. The van der Waals surface area contributed by atoms with E-state index in [4.69, 9.17) is 27.6 Å². The van der Waals surface area contributed by atoms with Crippen LogP contribution in [0.4, 0.5) is 5.82 Å². The minimum absolute atomic E-state index is 0.0116. The predicted octanol–water partition coefficient (Wildman–Crippen LogP) is 5.46. The third kappa shape index (κ3) is 3.15. The molecule has 0 spiro atoms. The third-order valence-corrected chi connectivity index (χ3v) is 6.72. The van der Waals surface area contributed by atoms with Crippen LogP contribution in [-0.2, 0) is 4.79 Å². The topological polar surface area (TPSA) is 63.6 Å². The molecule has 3 atom stereocenters. The van der Waals surface area contributed by atoms with Crippen molar-refractivity contribution in [3.05, 3.63) is 70.2 Å². The Kier molecular flexibility index (Phi) is 4.91. The molecule has 2 aliphatic heterocycles. The van der Waals surface area contributed by atoms with Gasteiger partial charge in [-0.05, 0) is 43.5 Å². The van der Waals surface area contributed by atoms with Crippen LogP contribution < -0.4 is 0 Å². The smallest absolute Gasteiger partial charge is 0.234 e. The van der Waals surface area contributed by atoms with E-state index in [0.29, 0.717) is 16.6 Å². The monoisotopic (exact) mass is 442 g/mol. The number of rotatable bonds is 3. The summed E-state index contributed by atoms with van der Waals surface area (Å²) in [7, 11) is 0. The van der Waals surface area contributed by atoms with Crippen LogP contribution in [0, 0.1) is 5.92 Å². The molecule has 0 bridgehead atoms. The van der Waals surface area contributed by atoms with Gasteiger partial charge in [0.05, 0.1) is 40.9 Å². The number of hydrogen-bond donors (Lipinski definition) is 0. The molecular formula is C22H20Cl2N4O2. The zero-order chi connectivity index (χ0) is 20.8. The number of benzene rings is 1. The quantitative estimate of drug-likeness (QED) is 0.540. The van der Waals surface area contributed by atoms with Gasteiger partial charge in [0.15, 0.2) is 5.82 Å². The highest BCUT2D eigenvalue weighted by molar-refractivity contribution is 6.42. The standard InChI is InChI=1S/C22H20Cl2N4O2/c1-13-20(22(29)27-9-2-3-18(27)15-7-10-30-12-15)21(28-19(26-13)6-8-25-28)14-4-5-16(23)17(24)11-14/h4-8,10-12,18,20-21H,2-3,9H2,1H3. The normalized spacial score (nSPS) is 23.4. The van der Waals surface area contributed by atoms with Crippen LogP contribution in [0.5, 0.6) is 0 Å². The number of carbonyl (C=O) groups is 1. The lowest BCUT2D eigenvalue weighted by atomic mass is 9.86. The number of aliphatic imine (C=N–C) groups is 1. The number of halogens is 2. The summed E-state index contributed by atoms with van der Waals surface area (Å²) < 4.78 is 7.07. The second-order valence-corrected chi connectivity index (χ2v) is 8.54. The summed E-state index contributed by atoms with van der Waals surface area (Å²) in [5.74, 6) is 0.278. The molecule has 30 heavy (non-hydrogen) atoms. The second-order valence-electron chi connectivity index (χ2n) is 7.73. The molecule has 5 rings (SSSR count). The molecule has 3 unspecified atom stereocenters. The second kappa shape index (κ2) is 7.60. The van der Waals surface area contributed by atoms with Gasteiger partial charge in [-0.1, -0.05) is 29.3 Å². The van der Waals surface area contributed by atoms with Crippen LogP contribution in [0.3, 0.4) is 0 Å². The van der Waals surface area contributed by atoms with Crippen LogP contribution in [0.1, 0.15) is 43.0 Å². The van der Waals surface area contributed by atoms with Crippen molar-refractivity contribution in [1.82, 2.24) is 14.7 Å². The Hall–Kier alpha value is -2.57. The molecule has 1 aromatic carbocycles. The Morgan fingerprint density at radius 2 is 2.03 bits per heavy atom. The molecule has 0 saturated carbocycles. The van der Waals surface area contributed by atoms with E-state index in [-0.39, 0.29) is 18.0 Å². The van der Waals surface area contributed by atoms with E-state index < -0.39 is 5.92 Å². The van der Waals surface area contributed by atoms with E-state index >= 15 is 0 Å². The van der Waals surface area contributed by atoms with Crippen LogP contribution in [-0.4, -0.2) is 32.8 Å². The molecule has 154 valence electrons. The molecule has 6 nitrogen and oxygen atoms in total. The number of amides is 1. The average Bonchev–Trinajstić information content (AvgIpc) is 3.49. The summed E-state index contributed by atoms with van der Waals surface area (Å²) in [5, 5.41) is 5.40. The van der Waals surface area contributed by atoms with E-state index in [0.717, 1.165) is 35.5 Å². The van der Waals surface area contributed by atoms with Crippen LogP contribution in [0.15, 0.2) is 58.5 Å². The molecule has 8 heteroatoms. The highest BCUT2D eigenvalue weighted by atomic mass is 35.5. The molecule has 1 saturated heterocycles. The molecule has 0 aliphatic carbocycles. The van der Waals surface area contributed by atoms with Gasteiger partial charge in [-0.25, -0.2) is 9.67 Å². The lowest BCUT2D eigenvalue weighted by Crippen LogP contribution is -2.44. The summed E-state index contributed by atoms with van der Waals surface area (Å²) >= 11 is 12.5. The van der Waals surface area contributed by atoms with Crippen molar-refractivity contribution in [3.8, 4) is 0 Å². The molecule has 1 fully saturated rings. The van der Waals surface area contributed by atoms with Gasteiger partial charge >= 0.3 is 0 Å². The molecule has 2 aliphatic rings. The van der Waals surface area contributed by atoms with Gasteiger partial charge in [-0.3, -0.25) is 4.79 Å². The van der Waals surface area contributed by atoms with Crippen molar-refractivity contribution in [2.75, 3.05) is 6.54 Å². The lowest BCUT2D eigenvalue weighted by Gasteiger charge is -2.35. The van der Waals surface area contributed by atoms with Crippen molar-refractivity contribution in [2.45, 2.75) is 31.8 Å². The predicted molar refractivity (Wildman–Crippen MR) is 115 cm³/mol. The number of furan rings is 1. The van der Waals surface area contributed by atoms with E-state index in [1.807, 2.05) is 36.1 Å². The number of likely N-dealkylation sites (tertiary alicyclic amines) is 1. The Morgan fingerprint density at radius 3 is 2.80 bits per heavy atom. The van der Waals surface area contributed by atoms with Crippen molar-refractivity contribution in [3.63, 3.8) is 0 Å². The molecule has 0 radical (unpaired) electrons. The molecular weight excluding hydrogens is 423 g/mol. The van der Waals surface area contributed by atoms with Gasteiger partial charge in [0, 0.05) is 23.9 Å². The Morgan fingerprint density at radius 1 is 1.17 bits per heavy atom. The third-order valence-electron chi connectivity index (χ3n) is 5.98.